The highest BCUT2D eigenvalue weighted by atomic mass is 19.1. The van der Waals surface area contributed by atoms with E-state index in [2.05, 4.69) is 0 Å². The lowest BCUT2D eigenvalue weighted by molar-refractivity contribution is -0.153. The van der Waals surface area contributed by atoms with Gasteiger partial charge in [0.15, 0.2) is 0 Å². The van der Waals surface area contributed by atoms with Gasteiger partial charge in [0.05, 0.1) is 19.9 Å². The number of rotatable bonds is 9. The molecule has 0 bridgehead atoms. The molecular weight excluding hydrogens is 531 g/mol. The van der Waals surface area contributed by atoms with Crippen LogP contribution in [0.1, 0.15) is 36.3 Å². The van der Waals surface area contributed by atoms with Crippen LogP contribution in [0, 0.1) is 5.82 Å². The molecule has 1 aliphatic rings. The molecular formula is C31H29FN2O7. The summed E-state index contributed by atoms with van der Waals surface area (Å²) in [5.74, 6) is -1.00. The molecule has 0 amide bonds. The van der Waals surface area contributed by atoms with Crippen molar-refractivity contribution in [2.45, 2.75) is 37.4 Å². The lowest BCUT2D eigenvalue weighted by Crippen LogP contribution is -2.39. The molecule has 1 fully saturated rings. The first-order chi connectivity index (χ1) is 19.8. The normalized spacial score (nSPS) is 18.7. The van der Waals surface area contributed by atoms with Crippen molar-refractivity contribution >= 4 is 5.97 Å². The predicted molar refractivity (Wildman–Crippen MR) is 147 cm³/mol. The van der Waals surface area contributed by atoms with Gasteiger partial charge in [-0.3, -0.25) is 19.1 Å². The number of carbonyl (C=O) groups excluding carboxylic acids is 1. The van der Waals surface area contributed by atoms with Gasteiger partial charge in [-0.15, -0.1) is 0 Å². The van der Waals surface area contributed by atoms with Gasteiger partial charge >= 0.3 is 11.7 Å². The molecule has 0 spiro atoms. The Hall–Kier alpha value is -4.54. The highest BCUT2D eigenvalue weighted by Crippen LogP contribution is 2.42. The average molecular weight is 561 g/mol. The van der Waals surface area contributed by atoms with E-state index in [4.69, 9.17) is 18.9 Å². The van der Waals surface area contributed by atoms with Gasteiger partial charge in [0.2, 0.25) is 5.82 Å². The van der Waals surface area contributed by atoms with Crippen LogP contribution in [0.15, 0.2) is 101 Å². The summed E-state index contributed by atoms with van der Waals surface area (Å²) in [6, 6.07) is 26.9. The third-order valence-electron chi connectivity index (χ3n) is 7.05. The summed E-state index contributed by atoms with van der Waals surface area (Å²) < 4.78 is 38.9. The van der Waals surface area contributed by atoms with E-state index < -0.39 is 47.1 Å². The SMILES string of the molecule is COc1ccc(C(OC[C@H]2O[C@@H](n3cc(F)c(=O)[nH]c3=O)C[C@@H]2OC(C)=O)(c2ccccc2)c2ccccc2)cc1. The number of methoxy groups -OCH3 is 1. The van der Waals surface area contributed by atoms with E-state index in [1.807, 2.05) is 89.9 Å². The Bertz CT molecular complexity index is 1560. The maximum absolute atomic E-state index is 14.1. The van der Waals surface area contributed by atoms with Gasteiger partial charge in [0.25, 0.3) is 5.56 Å². The summed E-state index contributed by atoms with van der Waals surface area (Å²) in [5.41, 5.74) is -0.588. The first kappa shape index (κ1) is 28.0. The fraction of sp³-hybridized carbons (Fsp3) is 0.258. The zero-order valence-corrected chi connectivity index (χ0v) is 22.5. The fourth-order valence-corrected chi connectivity index (χ4v) is 5.16. The first-order valence-corrected chi connectivity index (χ1v) is 13.0. The molecule has 0 radical (unpaired) electrons. The van der Waals surface area contributed by atoms with Crippen LogP contribution in [0.5, 0.6) is 5.75 Å². The van der Waals surface area contributed by atoms with Gasteiger partial charge in [-0.05, 0) is 28.8 Å². The van der Waals surface area contributed by atoms with Gasteiger partial charge in [0.1, 0.15) is 29.8 Å². The van der Waals surface area contributed by atoms with Crippen LogP contribution in [0.25, 0.3) is 0 Å². The number of halogens is 1. The number of hydrogen-bond acceptors (Lipinski definition) is 7. The maximum atomic E-state index is 14.1. The van der Waals surface area contributed by atoms with Gasteiger partial charge in [-0.2, -0.15) is 4.39 Å². The molecule has 0 saturated carbocycles. The Labute approximate surface area is 235 Å². The molecule has 10 heteroatoms. The largest absolute Gasteiger partial charge is 0.497 e. The first-order valence-electron chi connectivity index (χ1n) is 13.0. The average Bonchev–Trinajstić information content (AvgIpc) is 3.38. The second-order valence-electron chi connectivity index (χ2n) is 9.61. The number of ether oxygens (including phenoxy) is 4. The minimum absolute atomic E-state index is 0.0468. The quantitative estimate of drug-likeness (QED) is 0.244. The van der Waals surface area contributed by atoms with Gasteiger partial charge in [-0.25, -0.2) is 4.79 Å². The van der Waals surface area contributed by atoms with Crippen molar-refractivity contribution in [3.05, 3.63) is 134 Å². The van der Waals surface area contributed by atoms with Crippen molar-refractivity contribution in [1.82, 2.24) is 9.55 Å². The highest BCUT2D eigenvalue weighted by molar-refractivity contribution is 5.66. The second kappa shape index (κ2) is 11.9. The number of benzene rings is 3. The van der Waals surface area contributed by atoms with E-state index in [0.29, 0.717) is 5.75 Å². The number of nitrogens with one attached hydrogen (secondary N) is 1. The Morgan fingerprint density at radius 1 is 0.976 bits per heavy atom. The Morgan fingerprint density at radius 3 is 2.12 bits per heavy atom. The smallest absolute Gasteiger partial charge is 0.330 e. The Morgan fingerprint density at radius 2 is 1.56 bits per heavy atom. The van der Waals surface area contributed by atoms with E-state index in [-0.39, 0.29) is 13.0 Å². The van der Waals surface area contributed by atoms with Crippen LogP contribution in [-0.4, -0.2) is 41.4 Å². The topological polar surface area (TPSA) is 109 Å². The Kier molecular flexibility index (Phi) is 8.14. The molecule has 3 atom stereocenters. The molecule has 212 valence electrons. The van der Waals surface area contributed by atoms with E-state index in [1.54, 1.807) is 7.11 Å². The molecule has 1 N–H and O–H groups in total. The zero-order valence-electron chi connectivity index (χ0n) is 22.5. The fourth-order valence-electron chi connectivity index (χ4n) is 5.16. The number of H-pyrrole nitrogens is 1. The Balaban J connectivity index is 1.56. The molecule has 2 heterocycles. The van der Waals surface area contributed by atoms with Gasteiger partial charge in [-0.1, -0.05) is 72.8 Å². The van der Waals surface area contributed by atoms with Crippen LogP contribution >= 0.6 is 0 Å². The number of carbonyl (C=O) groups is 1. The molecule has 0 unspecified atom stereocenters. The van der Waals surface area contributed by atoms with Crippen molar-refractivity contribution in [2.75, 3.05) is 13.7 Å². The molecule has 0 aliphatic carbocycles. The standard InChI is InChI=1S/C31H29FN2O7/c1-20(35)40-26-17-28(34-18-25(32)29(36)33-30(34)37)41-27(26)19-39-31(21-9-5-3-6-10-21,22-11-7-4-8-12-22)23-13-15-24(38-2)16-14-23/h3-16,18,26-28H,17,19H2,1-2H3,(H,33,36,37)/t26-,27+,28+/m0/s1. The predicted octanol–water partition coefficient (Wildman–Crippen LogP) is 3.91. The van der Waals surface area contributed by atoms with Crippen molar-refractivity contribution in [3.63, 3.8) is 0 Å². The van der Waals surface area contributed by atoms with E-state index in [0.717, 1.165) is 27.5 Å². The highest BCUT2D eigenvalue weighted by Gasteiger charge is 2.43. The van der Waals surface area contributed by atoms with Crippen molar-refractivity contribution in [3.8, 4) is 5.75 Å². The lowest BCUT2D eigenvalue weighted by Gasteiger charge is -2.37. The molecule has 9 nitrogen and oxygen atoms in total. The van der Waals surface area contributed by atoms with Crippen molar-refractivity contribution in [1.29, 1.82) is 0 Å². The number of nitrogens with zero attached hydrogens (tertiary/aromatic N) is 1. The third-order valence-corrected chi connectivity index (χ3v) is 7.05. The lowest BCUT2D eigenvalue weighted by atomic mass is 9.80. The number of hydrogen-bond donors (Lipinski definition) is 1. The third kappa shape index (κ3) is 5.70. The zero-order chi connectivity index (χ0) is 29.0. The van der Waals surface area contributed by atoms with Crippen LogP contribution in [0.3, 0.4) is 0 Å². The molecule has 1 saturated heterocycles. The summed E-state index contributed by atoms with van der Waals surface area (Å²) in [6.45, 7) is 1.21. The van der Waals surface area contributed by atoms with E-state index in [9.17, 15) is 18.8 Å². The van der Waals surface area contributed by atoms with Gasteiger partial charge in [0, 0.05) is 13.3 Å². The summed E-state index contributed by atoms with van der Waals surface area (Å²) in [4.78, 5) is 37.9. The van der Waals surface area contributed by atoms with E-state index >= 15 is 0 Å². The monoisotopic (exact) mass is 560 g/mol. The van der Waals surface area contributed by atoms with Crippen molar-refractivity contribution < 1.29 is 28.1 Å². The summed E-state index contributed by atoms with van der Waals surface area (Å²) in [7, 11) is 1.59. The molecule has 1 aliphatic heterocycles. The molecule has 41 heavy (non-hydrogen) atoms. The number of aromatic amines is 1. The maximum Gasteiger partial charge on any atom is 0.330 e. The van der Waals surface area contributed by atoms with Crippen LogP contribution in [-0.2, 0) is 24.6 Å². The molecule has 5 rings (SSSR count). The van der Waals surface area contributed by atoms with E-state index in [1.165, 1.54) is 6.92 Å². The summed E-state index contributed by atoms with van der Waals surface area (Å²) in [6.07, 6.45) is -1.80. The van der Waals surface area contributed by atoms with Crippen LogP contribution in [0.4, 0.5) is 4.39 Å². The van der Waals surface area contributed by atoms with Crippen LogP contribution < -0.4 is 16.0 Å². The minimum Gasteiger partial charge on any atom is -0.497 e. The summed E-state index contributed by atoms with van der Waals surface area (Å²) in [5, 5.41) is 0. The molecule has 3 aromatic carbocycles. The summed E-state index contributed by atoms with van der Waals surface area (Å²) >= 11 is 0. The molecule has 1 aromatic heterocycles. The molecule has 4 aromatic rings. The van der Waals surface area contributed by atoms with Crippen molar-refractivity contribution in [2.24, 2.45) is 0 Å². The van der Waals surface area contributed by atoms with Gasteiger partial charge < -0.3 is 18.9 Å². The number of esters is 1. The second-order valence-corrected chi connectivity index (χ2v) is 9.61. The minimum atomic E-state index is -1.14. The number of aromatic nitrogens is 2. The van der Waals surface area contributed by atoms with Crippen LogP contribution in [0.2, 0.25) is 0 Å².